The highest BCUT2D eigenvalue weighted by atomic mass is 16.5. The fraction of sp³-hybridized carbons (Fsp3) is 0.667. The third-order valence-corrected chi connectivity index (χ3v) is 5.50. The van der Waals surface area contributed by atoms with Crippen LogP contribution in [0, 0.1) is 0 Å². The quantitative estimate of drug-likeness (QED) is 0.822. The number of aromatic nitrogens is 1. The summed E-state index contributed by atoms with van der Waals surface area (Å²) >= 11 is 0. The van der Waals surface area contributed by atoms with Crippen LogP contribution >= 0.6 is 0 Å². The third-order valence-electron chi connectivity index (χ3n) is 5.50. The van der Waals surface area contributed by atoms with Gasteiger partial charge in [-0.2, -0.15) is 0 Å². The van der Waals surface area contributed by atoms with Gasteiger partial charge < -0.3 is 24.6 Å². The second-order valence-corrected chi connectivity index (χ2v) is 7.58. The van der Waals surface area contributed by atoms with Crippen LogP contribution in [-0.2, 0) is 16.6 Å². The van der Waals surface area contributed by atoms with E-state index in [1.54, 1.807) is 6.92 Å². The second kappa shape index (κ2) is 6.46. The normalized spacial score (nSPS) is 28.8. The molecular weight excluding hydrogens is 322 g/mol. The summed E-state index contributed by atoms with van der Waals surface area (Å²) in [5.41, 5.74) is -0.785. The van der Waals surface area contributed by atoms with Gasteiger partial charge in [0.1, 0.15) is 11.3 Å². The van der Waals surface area contributed by atoms with Gasteiger partial charge >= 0.3 is 0 Å². The van der Waals surface area contributed by atoms with E-state index in [-0.39, 0.29) is 30.1 Å². The van der Waals surface area contributed by atoms with Gasteiger partial charge in [0.15, 0.2) is 0 Å². The number of ether oxygens (including phenoxy) is 1. The van der Waals surface area contributed by atoms with E-state index < -0.39 is 5.60 Å². The summed E-state index contributed by atoms with van der Waals surface area (Å²) in [6.07, 6.45) is 3.83. The molecule has 138 valence electrons. The lowest BCUT2D eigenvalue weighted by Crippen LogP contribution is -2.64. The van der Waals surface area contributed by atoms with E-state index in [9.17, 15) is 14.7 Å². The molecule has 1 aromatic rings. The predicted molar refractivity (Wildman–Crippen MR) is 92.1 cm³/mol. The van der Waals surface area contributed by atoms with Gasteiger partial charge in [-0.25, -0.2) is 0 Å². The maximum Gasteiger partial charge on any atom is 0.270 e. The van der Waals surface area contributed by atoms with Crippen molar-refractivity contribution in [2.24, 2.45) is 7.05 Å². The Morgan fingerprint density at radius 3 is 2.60 bits per heavy atom. The highest BCUT2D eigenvalue weighted by Gasteiger charge is 2.49. The molecule has 0 bridgehead atoms. The summed E-state index contributed by atoms with van der Waals surface area (Å²) in [5.74, 6) is -0.123. The Labute approximate surface area is 147 Å². The van der Waals surface area contributed by atoms with Crippen molar-refractivity contribution in [2.75, 3.05) is 19.7 Å². The van der Waals surface area contributed by atoms with Crippen molar-refractivity contribution >= 4 is 11.8 Å². The maximum absolute atomic E-state index is 12.6. The molecule has 7 nitrogen and oxygen atoms in total. The predicted octanol–water partition coefficient (Wildman–Crippen LogP) is 0.676. The van der Waals surface area contributed by atoms with E-state index in [4.69, 9.17) is 4.74 Å². The number of hydrogen-bond donors (Lipinski definition) is 2. The average Bonchev–Trinajstić information content (AvgIpc) is 2.97. The van der Waals surface area contributed by atoms with Crippen LogP contribution in [0.3, 0.4) is 0 Å². The molecule has 0 saturated carbocycles. The van der Waals surface area contributed by atoms with Crippen molar-refractivity contribution < 1.29 is 19.4 Å². The molecule has 2 aliphatic heterocycles. The summed E-state index contributed by atoms with van der Waals surface area (Å²) in [6.45, 7) is 4.55. The van der Waals surface area contributed by atoms with E-state index in [1.807, 2.05) is 34.8 Å². The number of likely N-dealkylation sites (tertiary alicyclic amines) is 1. The van der Waals surface area contributed by atoms with Crippen LogP contribution in [0.15, 0.2) is 18.3 Å². The Morgan fingerprint density at radius 2 is 2.04 bits per heavy atom. The number of hydrogen-bond acceptors (Lipinski definition) is 4. The van der Waals surface area contributed by atoms with E-state index >= 15 is 0 Å². The first-order valence-electron chi connectivity index (χ1n) is 8.76. The molecule has 1 spiro atoms. The number of carbonyl (C=O) groups is 2. The maximum atomic E-state index is 12.6. The SMILES string of the molecule is CC(=O)N[C@H]1CC2(CCN(C(=O)c3cccn3C)CC2)OC[C@]1(C)O. The van der Waals surface area contributed by atoms with E-state index in [2.05, 4.69) is 5.32 Å². The summed E-state index contributed by atoms with van der Waals surface area (Å²) in [5, 5.41) is 13.3. The van der Waals surface area contributed by atoms with Crippen LogP contribution in [-0.4, -0.2) is 63.3 Å². The lowest BCUT2D eigenvalue weighted by Gasteiger charge is -2.50. The van der Waals surface area contributed by atoms with Gasteiger partial charge in [-0.3, -0.25) is 9.59 Å². The zero-order valence-corrected chi connectivity index (χ0v) is 15.1. The smallest absolute Gasteiger partial charge is 0.270 e. The lowest BCUT2D eigenvalue weighted by atomic mass is 9.77. The number of nitrogens with one attached hydrogen (secondary N) is 1. The van der Waals surface area contributed by atoms with Gasteiger partial charge in [0.25, 0.3) is 5.91 Å². The van der Waals surface area contributed by atoms with Gasteiger partial charge in [-0.05, 0) is 38.3 Å². The van der Waals surface area contributed by atoms with Gasteiger partial charge in [0.05, 0.1) is 18.2 Å². The van der Waals surface area contributed by atoms with Crippen molar-refractivity contribution in [1.82, 2.24) is 14.8 Å². The molecule has 25 heavy (non-hydrogen) atoms. The molecular formula is C18H27N3O4. The summed E-state index contributed by atoms with van der Waals surface area (Å²) < 4.78 is 7.86. The number of carbonyl (C=O) groups excluding carboxylic acids is 2. The number of nitrogens with zero attached hydrogens (tertiary/aromatic N) is 2. The summed E-state index contributed by atoms with van der Waals surface area (Å²) in [4.78, 5) is 25.9. The van der Waals surface area contributed by atoms with Crippen LogP contribution < -0.4 is 5.32 Å². The highest BCUT2D eigenvalue weighted by molar-refractivity contribution is 5.92. The molecule has 7 heteroatoms. The molecule has 0 unspecified atom stereocenters. The van der Waals surface area contributed by atoms with Crippen molar-refractivity contribution in [1.29, 1.82) is 0 Å². The Balaban J connectivity index is 1.66. The first kappa shape index (κ1) is 17.9. The fourth-order valence-electron chi connectivity index (χ4n) is 3.81. The minimum absolute atomic E-state index is 0.0311. The molecule has 1 aromatic heterocycles. The van der Waals surface area contributed by atoms with E-state index in [1.165, 1.54) is 6.92 Å². The fourth-order valence-corrected chi connectivity index (χ4v) is 3.81. The summed E-state index contributed by atoms with van der Waals surface area (Å²) in [7, 11) is 1.86. The topological polar surface area (TPSA) is 83.8 Å². The Bertz CT molecular complexity index is 659. The van der Waals surface area contributed by atoms with Crippen molar-refractivity contribution in [2.45, 2.75) is 50.4 Å². The van der Waals surface area contributed by atoms with Gasteiger partial charge in [-0.15, -0.1) is 0 Å². The molecule has 3 rings (SSSR count). The van der Waals surface area contributed by atoms with Crippen molar-refractivity contribution in [3.8, 4) is 0 Å². The highest BCUT2D eigenvalue weighted by Crippen LogP contribution is 2.38. The van der Waals surface area contributed by atoms with E-state index in [0.29, 0.717) is 38.0 Å². The minimum atomic E-state index is -1.08. The van der Waals surface area contributed by atoms with Crippen LogP contribution in [0.1, 0.15) is 43.6 Å². The van der Waals surface area contributed by atoms with Crippen LogP contribution in [0.2, 0.25) is 0 Å². The van der Waals surface area contributed by atoms with Gasteiger partial charge in [-0.1, -0.05) is 0 Å². The standard InChI is InChI=1S/C18H27N3O4/c1-13(22)19-15-11-18(25-12-17(15,2)24)6-9-21(10-7-18)16(23)14-5-4-8-20(14)3/h4-5,8,15,24H,6-7,9-12H2,1-3H3,(H,19,22)/t15-,17-/m0/s1. The lowest BCUT2D eigenvalue weighted by molar-refractivity contribution is -0.191. The number of rotatable bonds is 2. The monoisotopic (exact) mass is 349 g/mol. The molecule has 2 aliphatic rings. The second-order valence-electron chi connectivity index (χ2n) is 7.58. The Hall–Kier alpha value is -1.86. The van der Waals surface area contributed by atoms with Gasteiger partial charge in [0.2, 0.25) is 5.91 Å². The molecule has 0 aromatic carbocycles. The molecule has 2 saturated heterocycles. The van der Waals surface area contributed by atoms with Crippen LogP contribution in [0.4, 0.5) is 0 Å². The van der Waals surface area contributed by atoms with Crippen molar-refractivity contribution in [3.63, 3.8) is 0 Å². The molecule has 0 radical (unpaired) electrons. The number of aliphatic hydroxyl groups is 1. The first-order valence-corrected chi connectivity index (χ1v) is 8.76. The van der Waals surface area contributed by atoms with Crippen LogP contribution in [0.5, 0.6) is 0 Å². The molecule has 3 heterocycles. The first-order chi connectivity index (χ1) is 11.7. The summed E-state index contributed by atoms with van der Waals surface area (Å²) in [6, 6.07) is 3.35. The average molecular weight is 349 g/mol. The Kier molecular flexibility index (Phi) is 4.64. The van der Waals surface area contributed by atoms with E-state index in [0.717, 1.165) is 0 Å². The molecule has 0 aliphatic carbocycles. The number of amides is 2. The van der Waals surface area contributed by atoms with Crippen molar-refractivity contribution in [3.05, 3.63) is 24.0 Å². The molecule has 2 N–H and O–H groups in total. The molecule has 2 fully saturated rings. The zero-order chi connectivity index (χ0) is 18.2. The third kappa shape index (κ3) is 3.57. The zero-order valence-electron chi connectivity index (χ0n) is 15.1. The largest absolute Gasteiger partial charge is 0.386 e. The number of aryl methyl sites for hydroxylation is 1. The molecule has 2 amide bonds. The minimum Gasteiger partial charge on any atom is -0.386 e. The van der Waals surface area contributed by atoms with Crippen LogP contribution in [0.25, 0.3) is 0 Å². The van der Waals surface area contributed by atoms with Gasteiger partial charge in [0, 0.05) is 33.3 Å². The molecule has 2 atom stereocenters. The Morgan fingerprint density at radius 1 is 1.36 bits per heavy atom. The number of piperidine rings is 1.